The van der Waals surface area contributed by atoms with Gasteiger partial charge >= 0.3 is 12.0 Å². The summed E-state index contributed by atoms with van der Waals surface area (Å²) >= 11 is 0. The van der Waals surface area contributed by atoms with Crippen molar-refractivity contribution in [1.82, 2.24) is 10.2 Å². The van der Waals surface area contributed by atoms with Gasteiger partial charge < -0.3 is 10.5 Å². The highest BCUT2D eigenvalue weighted by Crippen LogP contribution is 2.22. The van der Waals surface area contributed by atoms with Crippen LogP contribution in [0.25, 0.3) is 0 Å². The van der Waals surface area contributed by atoms with E-state index in [-0.39, 0.29) is 11.1 Å². The molecular formula is C16H17N3O6. The number of amides is 5. The van der Waals surface area contributed by atoms with Gasteiger partial charge in [0.2, 0.25) is 0 Å². The predicted molar refractivity (Wildman–Crippen MR) is 84.3 cm³/mol. The molecule has 3 N–H and O–H groups in total. The monoisotopic (exact) mass is 347 g/mol. The molecule has 1 atom stereocenters. The highest BCUT2D eigenvalue weighted by atomic mass is 16.5. The smallest absolute Gasteiger partial charge is 0.327 e. The number of nitrogens with one attached hydrogen (secondary N) is 1. The summed E-state index contributed by atoms with van der Waals surface area (Å²) in [4.78, 5) is 59.8. The normalized spacial score (nSPS) is 14.3. The van der Waals surface area contributed by atoms with Crippen LogP contribution in [0.1, 0.15) is 34.6 Å². The lowest BCUT2D eigenvalue weighted by atomic mass is 10.1. The summed E-state index contributed by atoms with van der Waals surface area (Å²) in [5, 5.41) is 1.83. The predicted octanol–water partition coefficient (Wildman–Crippen LogP) is 0.0453. The second-order valence-electron chi connectivity index (χ2n) is 5.75. The minimum Gasteiger partial charge on any atom is -0.451 e. The number of benzene rings is 1. The molecule has 9 nitrogen and oxygen atoms in total. The average Bonchev–Trinajstić information content (AvgIpc) is 2.77. The number of hydrogen-bond donors (Lipinski definition) is 2. The zero-order valence-electron chi connectivity index (χ0n) is 13.6. The van der Waals surface area contributed by atoms with E-state index in [2.05, 4.69) is 0 Å². The molecule has 1 aliphatic rings. The molecule has 1 aromatic carbocycles. The summed E-state index contributed by atoms with van der Waals surface area (Å²) in [6, 6.07) is 5.10. The number of rotatable bonds is 5. The number of urea groups is 1. The first-order chi connectivity index (χ1) is 11.7. The van der Waals surface area contributed by atoms with Gasteiger partial charge in [-0.2, -0.15) is 0 Å². The minimum atomic E-state index is -1.28. The molecule has 0 bridgehead atoms. The molecule has 1 aromatic rings. The Kier molecular flexibility index (Phi) is 5.16. The Balaban J connectivity index is 2.07. The van der Waals surface area contributed by atoms with E-state index in [0.29, 0.717) is 0 Å². The van der Waals surface area contributed by atoms with Crippen LogP contribution < -0.4 is 11.1 Å². The van der Waals surface area contributed by atoms with Crippen molar-refractivity contribution in [2.24, 2.45) is 11.7 Å². The summed E-state index contributed by atoms with van der Waals surface area (Å²) in [5.74, 6) is -3.50. The number of esters is 1. The molecule has 0 saturated heterocycles. The second-order valence-corrected chi connectivity index (χ2v) is 5.75. The number of carbonyl (C=O) groups excluding carboxylic acids is 5. The highest BCUT2D eigenvalue weighted by Gasteiger charge is 2.37. The minimum absolute atomic E-state index is 0.201. The van der Waals surface area contributed by atoms with Gasteiger partial charge in [-0.15, -0.1) is 0 Å². The maximum atomic E-state index is 12.2. The van der Waals surface area contributed by atoms with E-state index in [1.54, 1.807) is 26.0 Å². The zero-order valence-corrected chi connectivity index (χ0v) is 13.6. The molecule has 9 heteroatoms. The van der Waals surface area contributed by atoms with Crippen LogP contribution in [0.2, 0.25) is 0 Å². The summed E-state index contributed by atoms with van der Waals surface area (Å²) < 4.78 is 5.03. The summed E-state index contributed by atoms with van der Waals surface area (Å²) in [7, 11) is 0. The Hall–Kier alpha value is -3.23. The summed E-state index contributed by atoms with van der Waals surface area (Å²) in [6.45, 7) is 2.56. The average molecular weight is 347 g/mol. The van der Waals surface area contributed by atoms with Gasteiger partial charge in [-0.3, -0.25) is 29.4 Å². The molecular weight excluding hydrogens is 330 g/mol. The molecule has 0 spiro atoms. The third-order valence-corrected chi connectivity index (χ3v) is 3.53. The molecule has 0 fully saturated rings. The quantitative estimate of drug-likeness (QED) is 0.570. The molecule has 2 rings (SSSR count). The van der Waals surface area contributed by atoms with Gasteiger partial charge in [-0.05, 0) is 18.1 Å². The maximum Gasteiger partial charge on any atom is 0.327 e. The van der Waals surface area contributed by atoms with E-state index in [9.17, 15) is 24.0 Å². The van der Waals surface area contributed by atoms with Crippen LogP contribution in [-0.2, 0) is 14.3 Å². The SMILES string of the molecule is CC(C)[C@H](OC(=O)CN1C(=O)c2ccccc2C1=O)C(=O)NC(N)=O. The first-order valence-electron chi connectivity index (χ1n) is 7.47. The Labute approximate surface area is 143 Å². The third-order valence-electron chi connectivity index (χ3n) is 3.53. The molecule has 1 aliphatic heterocycles. The molecule has 0 aromatic heterocycles. The lowest BCUT2D eigenvalue weighted by Gasteiger charge is -2.21. The van der Waals surface area contributed by atoms with Crippen LogP contribution >= 0.6 is 0 Å². The van der Waals surface area contributed by atoms with Crippen molar-refractivity contribution in [1.29, 1.82) is 0 Å². The number of fused-ring (bicyclic) bond motifs is 1. The van der Waals surface area contributed by atoms with E-state index in [1.165, 1.54) is 12.1 Å². The Morgan fingerprint density at radius 2 is 1.64 bits per heavy atom. The van der Waals surface area contributed by atoms with E-state index in [1.807, 2.05) is 5.32 Å². The van der Waals surface area contributed by atoms with Crippen molar-refractivity contribution in [3.05, 3.63) is 35.4 Å². The number of imide groups is 2. The molecule has 25 heavy (non-hydrogen) atoms. The molecule has 0 saturated carbocycles. The Bertz CT molecular complexity index is 723. The maximum absolute atomic E-state index is 12.2. The molecule has 5 amide bonds. The van der Waals surface area contributed by atoms with Gasteiger partial charge in [0.1, 0.15) is 6.54 Å². The number of primary amides is 1. The van der Waals surface area contributed by atoms with Crippen molar-refractivity contribution >= 4 is 29.7 Å². The van der Waals surface area contributed by atoms with Crippen molar-refractivity contribution in [2.45, 2.75) is 20.0 Å². The van der Waals surface area contributed by atoms with Gasteiger partial charge in [0.15, 0.2) is 6.10 Å². The fourth-order valence-electron chi connectivity index (χ4n) is 2.38. The zero-order chi connectivity index (χ0) is 18.7. The van der Waals surface area contributed by atoms with Crippen molar-refractivity contribution in [3.8, 4) is 0 Å². The van der Waals surface area contributed by atoms with E-state index in [4.69, 9.17) is 10.5 Å². The van der Waals surface area contributed by atoms with Crippen LogP contribution in [0.15, 0.2) is 24.3 Å². The topological polar surface area (TPSA) is 136 Å². The van der Waals surface area contributed by atoms with Crippen LogP contribution in [0.4, 0.5) is 4.79 Å². The van der Waals surface area contributed by atoms with Gasteiger partial charge in [-0.1, -0.05) is 26.0 Å². The Morgan fingerprint density at radius 1 is 1.12 bits per heavy atom. The second kappa shape index (κ2) is 7.12. The van der Waals surface area contributed by atoms with Gasteiger partial charge in [0.05, 0.1) is 11.1 Å². The van der Waals surface area contributed by atoms with Crippen molar-refractivity contribution in [2.75, 3.05) is 6.54 Å². The number of ether oxygens (including phenoxy) is 1. The van der Waals surface area contributed by atoms with Crippen LogP contribution in [0.5, 0.6) is 0 Å². The number of nitrogens with two attached hydrogens (primary N) is 1. The van der Waals surface area contributed by atoms with Crippen molar-refractivity contribution in [3.63, 3.8) is 0 Å². The van der Waals surface area contributed by atoms with Gasteiger partial charge in [-0.25, -0.2) is 4.79 Å². The molecule has 0 unspecified atom stereocenters. The lowest BCUT2D eigenvalue weighted by Crippen LogP contribution is -2.47. The lowest BCUT2D eigenvalue weighted by molar-refractivity contribution is -0.158. The Morgan fingerprint density at radius 3 is 2.08 bits per heavy atom. The van der Waals surface area contributed by atoms with Gasteiger partial charge in [0, 0.05) is 0 Å². The summed E-state index contributed by atoms with van der Waals surface area (Å²) in [5.41, 5.74) is 5.27. The number of nitrogens with zero attached hydrogens (tertiary/aromatic N) is 1. The van der Waals surface area contributed by atoms with E-state index >= 15 is 0 Å². The first-order valence-corrected chi connectivity index (χ1v) is 7.47. The highest BCUT2D eigenvalue weighted by molar-refractivity contribution is 6.22. The fourth-order valence-corrected chi connectivity index (χ4v) is 2.38. The standard InChI is InChI=1S/C16H17N3O6/c1-8(2)12(13(21)18-16(17)24)25-11(20)7-19-14(22)9-5-3-4-6-10(9)15(19)23/h3-6,8,12H,7H2,1-2H3,(H3,17,18,21,24)/t12-/m0/s1. The van der Waals surface area contributed by atoms with Gasteiger partial charge in [0.25, 0.3) is 17.7 Å². The van der Waals surface area contributed by atoms with Crippen LogP contribution in [0.3, 0.4) is 0 Å². The summed E-state index contributed by atoms with van der Waals surface area (Å²) in [6.07, 6.45) is -1.28. The first kappa shape index (κ1) is 18.1. The van der Waals surface area contributed by atoms with Crippen LogP contribution in [0, 0.1) is 5.92 Å². The van der Waals surface area contributed by atoms with Crippen LogP contribution in [-0.4, -0.2) is 47.3 Å². The molecule has 132 valence electrons. The van der Waals surface area contributed by atoms with Crippen molar-refractivity contribution < 1.29 is 28.7 Å². The number of carbonyl (C=O) groups is 5. The van der Waals surface area contributed by atoms with E-state index in [0.717, 1.165) is 4.90 Å². The molecule has 1 heterocycles. The largest absolute Gasteiger partial charge is 0.451 e. The molecule has 0 aliphatic carbocycles. The number of hydrogen-bond acceptors (Lipinski definition) is 6. The third kappa shape index (κ3) is 3.82. The molecule has 0 radical (unpaired) electrons. The fraction of sp³-hybridized carbons (Fsp3) is 0.312. The van der Waals surface area contributed by atoms with E-state index < -0.39 is 48.3 Å².